The minimum absolute atomic E-state index is 0.00305. The number of likely N-dealkylation sites (N-methyl/N-ethyl adjacent to an activating group) is 1. The predicted octanol–water partition coefficient (Wildman–Crippen LogP) is 1.04. The molecule has 0 aromatic carbocycles. The Bertz CT molecular complexity index is 343. The highest BCUT2D eigenvalue weighted by Gasteiger charge is 2.35. The van der Waals surface area contributed by atoms with E-state index in [1.807, 2.05) is 20.8 Å². The van der Waals surface area contributed by atoms with E-state index in [2.05, 4.69) is 5.32 Å². The van der Waals surface area contributed by atoms with Gasteiger partial charge in [0, 0.05) is 32.2 Å². The highest BCUT2D eigenvalue weighted by Crippen LogP contribution is 2.22. The van der Waals surface area contributed by atoms with Gasteiger partial charge in [0.25, 0.3) is 10.2 Å². The average molecular weight is 277 g/mol. The van der Waals surface area contributed by atoms with Crippen molar-refractivity contribution in [3.05, 3.63) is 0 Å². The molecule has 0 amide bonds. The third-order valence-corrected chi connectivity index (χ3v) is 5.81. The van der Waals surface area contributed by atoms with Gasteiger partial charge < -0.3 is 5.32 Å². The van der Waals surface area contributed by atoms with Crippen LogP contribution in [0.1, 0.15) is 40.0 Å². The summed E-state index contributed by atoms with van der Waals surface area (Å²) in [6.07, 6.45) is 3.04. The van der Waals surface area contributed by atoms with E-state index in [-0.39, 0.29) is 12.1 Å². The van der Waals surface area contributed by atoms with Crippen LogP contribution in [-0.4, -0.2) is 55.8 Å². The standard InChI is InChI=1S/C12H27N3O2S/c1-5-13-10-12-8-6-7-9-15(12)18(16,17)14(4)11(2)3/h11-13H,5-10H2,1-4H3. The molecule has 0 saturated carbocycles. The van der Waals surface area contributed by atoms with E-state index in [4.69, 9.17) is 0 Å². The smallest absolute Gasteiger partial charge is 0.282 e. The summed E-state index contributed by atoms with van der Waals surface area (Å²) in [5.41, 5.74) is 0. The minimum atomic E-state index is -3.31. The van der Waals surface area contributed by atoms with Crippen LogP contribution in [0.15, 0.2) is 0 Å². The van der Waals surface area contributed by atoms with Gasteiger partial charge in [-0.25, -0.2) is 0 Å². The van der Waals surface area contributed by atoms with Gasteiger partial charge in [-0.1, -0.05) is 13.3 Å². The maximum Gasteiger partial charge on any atom is 0.282 e. The van der Waals surface area contributed by atoms with Crippen LogP contribution in [0, 0.1) is 0 Å². The fraction of sp³-hybridized carbons (Fsp3) is 1.00. The Labute approximate surface area is 112 Å². The molecule has 1 heterocycles. The highest BCUT2D eigenvalue weighted by molar-refractivity contribution is 7.86. The molecule has 0 bridgehead atoms. The van der Waals surface area contributed by atoms with Gasteiger partial charge in [-0.15, -0.1) is 0 Å². The first-order valence-corrected chi connectivity index (χ1v) is 8.26. The second-order valence-electron chi connectivity index (χ2n) is 5.19. The van der Waals surface area contributed by atoms with E-state index >= 15 is 0 Å². The molecule has 1 saturated heterocycles. The maximum absolute atomic E-state index is 12.5. The zero-order valence-electron chi connectivity index (χ0n) is 12.0. The van der Waals surface area contributed by atoms with Crippen LogP contribution in [0.4, 0.5) is 0 Å². The molecule has 1 aliphatic heterocycles. The molecule has 1 unspecified atom stereocenters. The normalized spacial score (nSPS) is 22.9. The van der Waals surface area contributed by atoms with E-state index in [0.29, 0.717) is 6.54 Å². The predicted molar refractivity (Wildman–Crippen MR) is 74.7 cm³/mol. The lowest BCUT2D eigenvalue weighted by Gasteiger charge is -2.38. The van der Waals surface area contributed by atoms with Crippen LogP contribution < -0.4 is 5.32 Å². The van der Waals surface area contributed by atoms with Crippen molar-refractivity contribution in [2.24, 2.45) is 0 Å². The molecule has 1 aliphatic rings. The molecule has 108 valence electrons. The van der Waals surface area contributed by atoms with Crippen molar-refractivity contribution in [2.45, 2.75) is 52.1 Å². The summed E-state index contributed by atoms with van der Waals surface area (Å²) >= 11 is 0. The SMILES string of the molecule is CCNCC1CCCCN1S(=O)(=O)N(C)C(C)C. The summed E-state index contributed by atoms with van der Waals surface area (Å²) < 4.78 is 28.2. The number of piperidine rings is 1. The van der Waals surface area contributed by atoms with Gasteiger partial charge in [-0.2, -0.15) is 17.0 Å². The first-order valence-electron chi connectivity index (χ1n) is 6.86. The van der Waals surface area contributed by atoms with Gasteiger partial charge in [0.05, 0.1) is 0 Å². The van der Waals surface area contributed by atoms with E-state index < -0.39 is 10.2 Å². The van der Waals surface area contributed by atoms with Crippen LogP contribution in [0.2, 0.25) is 0 Å². The monoisotopic (exact) mass is 277 g/mol. The zero-order valence-corrected chi connectivity index (χ0v) is 12.8. The first-order chi connectivity index (χ1) is 8.41. The zero-order chi connectivity index (χ0) is 13.8. The molecule has 0 spiro atoms. The number of nitrogens with zero attached hydrogens (tertiary/aromatic N) is 2. The van der Waals surface area contributed by atoms with Gasteiger partial charge in [0.1, 0.15) is 0 Å². The lowest BCUT2D eigenvalue weighted by molar-refractivity contribution is 0.226. The van der Waals surface area contributed by atoms with Gasteiger partial charge in [0.15, 0.2) is 0 Å². The Morgan fingerprint density at radius 2 is 2.06 bits per heavy atom. The van der Waals surface area contributed by atoms with Crippen molar-refractivity contribution >= 4 is 10.2 Å². The molecule has 1 N–H and O–H groups in total. The van der Waals surface area contributed by atoms with Gasteiger partial charge in [-0.3, -0.25) is 0 Å². The lowest BCUT2D eigenvalue weighted by Crippen LogP contribution is -2.53. The van der Waals surface area contributed by atoms with Gasteiger partial charge in [-0.05, 0) is 33.2 Å². The van der Waals surface area contributed by atoms with Crippen LogP contribution in [0.5, 0.6) is 0 Å². The Morgan fingerprint density at radius 3 is 2.61 bits per heavy atom. The Balaban J connectivity index is 2.82. The number of hydrogen-bond acceptors (Lipinski definition) is 3. The summed E-state index contributed by atoms with van der Waals surface area (Å²) in [5.74, 6) is 0. The van der Waals surface area contributed by atoms with Crippen molar-refractivity contribution in [1.29, 1.82) is 0 Å². The lowest BCUT2D eigenvalue weighted by atomic mass is 10.1. The molecule has 0 aromatic heterocycles. The van der Waals surface area contributed by atoms with Crippen molar-refractivity contribution < 1.29 is 8.42 Å². The van der Waals surface area contributed by atoms with Gasteiger partial charge >= 0.3 is 0 Å². The Kier molecular flexibility index (Phi) is 6.04. The third-order valence-electron chi connectivity index (χ3n) is 3.59. The van der Waals surface area contributed by atoms with E-state index in [0.717, 1.165) is 32.4 Å². The van der Waals surface area contributed by atoms with Crippen LogP contribution in [0.3, 0.4) is 0 Å². The molecule has 0 aliphatic carbocycles. The molecular weight excluding hydrogens is 250 g/mol. The number of nitrogens with one attached hydrogen (secondary N) is 1. The maximum atomic E-state index is 12.5. The van der Waals surface area contributed by atoms with Crippen molar-refractivity contribution in [2.75, 3.05) is 26.7 Å². The summed E-state index contributed by atoms with van der Waals surface area (Å²) in [4.78, 5) is 0. The van der Waals surface area contributed by atoms with Crippen molar-refractivity contribution in [3.63, 3.8) is 0 Å². The van der Waals surface area contributed by atoms with E-state index in [1.54, 1.807) is 11.4 Å². The summed E-state index contributed by atoms with van der Waals surface area (Å²) in [6, 6.07) is 0.0987. The molecule has 1 fully saturated rings. The average Bonchev–Trinajstić information content (AvgIpc) is 2.35. The molecule has 18 heavy (non-hydrogen) atoms. The second kappa shape index (κ2) is 6.84. The Morgan fingerprint density at radius 1 is 1.39 bits per heavy atom. The molecule has 0 aromatic rings. The van der Waals surface area contributed by atoms with Crippen LogP contribution in [-0.2, 0) is 10.2 Å². The largest absolute Gasteiger partial charge is 0.315 e. The number of hydrogen-bond donors (Lipinski definition) is 1. The fourth-order valence-electron chi connectivity index (χ4n) is 2.22. The summed E-state index contributed by atoms with van der Waals surface area (Å²) in [6.45, 7) is 8.13. The molecule has 6 heteroatoms. The molecule has 5 nitrogen and oxygen atoms in total. The topological polar surface area (TPSA) is 52.7 Å². The van der Waals surface area contributed by atoms with Crippen molar-refractivity contribution in [3.8, 4) is 0 Å². The van der Waals surface area contributed by atoms with Gasteiger partial charge in [0.2, 0.25) is 0 Å². The van der Waals surface area contributed by atoms with Crippen LogP contribution in [0.25, 0.3) is 0 Å². The third kappa shape index (κ3) is 3.66. The summed E-state index contributed by atoms with van der Waals surface area (Å²) in [5, 5.41) is 3.26. The second-order valence-corrected chi connectivity index (χ2v) is 7.13. The highest BCUT2D eigenvalue weighted by atomic mass is 32.2. The molecule has 1 rings (SSSR count). The Hall–Kier alpha value is -0.170. The summed E-state index contributed by atoms with van der Waals surface area (Å²) in [7, 11) is -1.65. The van der Waals surface area contributed by atoms with Crippen LogP contribution >= 0.6 is 0 Å². The molecule has 1 atom stereocenters. The number of rotatable bonds is 6. The molecule has 0 radical (unpaired) electrons. The van der Waals surface area contributed by atoms with E-state index in [1.165, 1.54) is 4.31 Å². The quantitative estimate of drug-likeness (QED) is 0.789. The first kappa shape index (κ1) is 15.9. The fourth-order valence-corrected chi connectivity index (χ4v) is 4.00. The minimum Gasteiger partial charge on any atom is -0.315 e. The van der Waals surface area contributed by atoms with Crippen molar-refractivity contribution in [1.82, 2.24) is 13.9 Å². The molecular formula is C12H27N3O2S. The van der Waals surface area contributed by atoms with E-state index in [9.17, 15) is 8.42 Å².